The van der Waals surface area contributed by atoms with E-state index < -0.39 is 0 Å². The van der Waals surface area contributed by atoms with E-state index in [4.69, 9.17) is 0 Å². The molecule has 2 rings (SSSR count). The Kier molecular flexibility index (Phi) is 7.55. The SMILES string of the molecule is Cl.O=C(CC1CCNCC1)NCCc1cccc(F)c1. The van der Waals surface area contributed by atoms with Crippen molar-refractivity contribution in [3.8, 4) is 0 Å². The molecule has 1 amide bonds. The van der Waals surface area contributed by atoms with Crippen molar-refractivity contribution in [3.63, 3.8) is 0 Å². The van der Waals surface area contributed by atoms with Crippen molar-refractivity contribution in [2.75, 3.05) is 19.6 Å². The van der Waals surface area contributed by atoms with E-state index in [0.29, 0.717) is 25.3 Å². The first-order chi connectivity index (χ1) is 9.24. The number of hydrogen-bond donors (Lipinski definition) is 2. The molecule has 20 heavy (non-hydrogen) atoms. The highest BCUT2D eigenvalue weighted by Crippen LogP contribution is 2.15. The number of nitrogens with one attached hydrogen (secondary N) is 2. The fourth-order valence-corrected chi connectivity index (χ4v) is 2.46. The number of benzene rings is 1. The maximum Gasteiger partial charge on any atom is 0.220 e. The molecule has 3 nitrogen and oxygen atoms in total. The third kappa shape index (κ3) is 5.88. The van der Waals surface area contributed by atoms with Crippen LogP contribution in [0.2, 0.25) is 0 Å². The number of amides is 1. The molecule has 0 bridgehead atoms. The van der Waals surface area contributed by atoms with Crippen LogP contribution in [0, 0.1) is 11.7 Å². The van der Waals surface area contributed by atoms with Gasteiger partial charge in [-0.3, -0.25) is 4.79 Å². The number of hydrogen-bond acceptors (Lipinski definition) is 2. The Morgan fingerprint density at radius 2 is 2.10 bits per heavy atom. The zero-order valence-corrected chi connectivity index (χ0v) is 12.3. The van der Waals surface area contributed by atoms with E-state index in [2.05, 4.69) is 10.6 Å². The van der Waals surface area contributed by atoms with Crippen LogP contribution < -0.4 is 10.6 Å². The fraction of sp³-hybridized carbons (Fsp3) is 0.533. The largest absolute Gasteiger partial charge is 0.356 e. The molecule has 1 aromatic carbocycles. The van der Waals surface area contributed by atoms with E-state index in [1.165, 1.54) is 12.1 Å². The molecule has 0 aliphatic carbocycles. The monoisotopic (exact) mass is 300 g/mol. The Hall–Kier alpha value is -1.13. The van der Waals surface area contributed by atoms with E-state index in [1.807, 2.05) is 6.07 Å². The second-order valence-electron chi connectivity index (χ2n) is 5.13. The maximum atomic E-state index is 13.0. The van der Waals surface area contributed by atoms with Gasteiger partial charge in [0, 0.05) is 13.0 Å². The minimum Gasteiger partial charge on any atom is -0.356 e. The zero-order chi connectivity index (χ0) is 13.5. The van der Waals surface area contributed by atoms with Crippen molar-refractivity contribution >= 4 is 18.3 Å². The number of piperidine rings is 1. The summed E-state index contributed by atoms with van der Waals surface area (Å²) in [6, 6.07) is 6.52. The van der Waals surface area contributed by atoms with Gasteiger partial charge >= 0.3 is 0 Å². The van der Waals surface area contributed by atoms with Crippen LogP contribution >= 0.6 is 12.4 Å². The van der Waals surface area contributed by atoms with Crippen molar-refractivity contribution in [1.82, 2.24) is 10.6 Å². The molecule has 1 aliphatic rings. The Morgan fingerprint density at radius 3 is 2.80 bits per heavy atom. The lowest BCUT2D eigenvalue weighted by Crippen LogP contribution is -2.33. The molecule has 1 fully saturated rings. The van der Waals surface area contributed by atoms with Crippen LogP contribution in [0.25, 0.3) is 0 Å². The standard InChI is InChI=1S/C15H21FN2O.ClH/c16-14-3-1-2-12(10-14)6-9-18-15(19)11-13-4-7-17-8-5-13;/h1-3,10,13,17H,4-9,11H2,(H,18,19);1H. The molecular formula is C15H22ClFN2O. The van der Waals surface area contributed by atoms with Gasteiger partial charge in [0.05, 0.1) is 0 Å². The van der Waals surface area contributed by atoms with Gasteiger partial charge in [-0.2, -0.15) is 0 Å². The molecule has 0 aromatic heterocycles. The third-order valence-corrected chi connectivity index (χ3v) is 3.56. The molecule has 1 aromatic rings. The summed E-state index contributed by atoms with van der Waals surface area (Å²) < 4.78 is 13.0. The highest BCUT2D eigenvalue weighted by molar-refractivity contribution is 5.85. The molecule has 1 aliphatic heterocycles. The van der Waals surface area contributed by atoms with Crippen molar-refractivity contribution in [2.24, 2.45) is 5.92 Å². The molecule has 1 heterocycles. The summed E-state index contributed by atoms with van der Waals surface area (Å²) in [4.78, 5) is 11.8. The van der Waals surface area contributed by atoms with Gasteiger partial charge in [-0.15, -0.1) is 12.4 Å². The van der Waals surface area contributed by atoms with E-state index in [1.54, 1.807) is 6.07 Å². The first-order valence-corrected chi connectivity index (χ1v) is 6.96. The van der Waals surface area contributed by atoms with Gasteiger partial charge in [0.25, 0.3) is 0 Å². The average molecular weight is 301 g/mol. The van der Waals surface area contributed by atoms with Crippen molar-refractivity contribution < 1.29 is 9.18 Å². The van der Waals surface area contributed by atoms with Crippen LogP contribution in [0.5, 0.6) is 0 Å². The van der Waals surface area contributed by atoms with Crippen molar-refractivity contribution in [1.29, 1.82) is 0 Å². The molecule has 5 heteroatoms. The lowest BCUT2D eigenvalue weighted by atomic mass is 9.94. The summed E-state index contributed by atoms with van der Waals surface area (Å²) in [6.07, 6.45) is 3.45. The summed E-state index contributed by atoms with van der Waals surface area (Å²) in [5.41, 5.74) is 0.919. The first-order valence-electron chi connectivity index (χ1n) is 6.96. The molecule has 112 valence electrons. The summed E-state index contributed by atoms with van der Waals surface area (Å²) in [6.45, 7) is 2.61. The van der Waals surface area contributed by atoms with Gasteiger partial charge in [0.2, 0.25) is 5.91 Å². The highest BCUT2D eigenvalue weighted by Gasteiger charge is 2.16. The number of rotatable bonds is 5. The smallest absolute Gasteiger partial charge is 0.220 e. The van der Waals surface area contributed by atoms with Crippen LogP contribution in [0.4, 0.5) is 4.39 Å². The molecule has 0 saturated carbocycles. The molecule has 0 radical (unpaired) electrons. The van der Waals surface area contributed by atoms with Crippen LogP contribution in [-0.4, -0.2) is 25.5 Å². The van der Waals surface area contributed by atoms with Crippen LogP contribution in [0.15, 0.2) is 24.3 Å². The van der Waals surface area contributed by atoms with Gasteiger partial charge in [0.1, 0.15) is 5.82 Å². The molecule has 1 saturated heterocycles. The van der Waals surface area contributed by atoms with E-state index in [9.17, 15) is 9.18 Å². The molecular weight excluding hydrogens is 279 g/mol. The number of halogens is 2. The van der Waals surface area contributed by atoms with Crippen LogP contribution in [-0.2, 0) is 11.2 Å². The maximum absolute atomic E-state index is 13.0. The summed E-state index contributed by atoms with van der Waals surface area (Å²) >= 11 is 0. The van der Waals surface area contributed by atoms with Gasteiger partial charge in [-0.25, -0.2) is 4.39 Å². The molecule has 0 unspecified atom stereocenters. The number of carbonyl (C=O) groups excluding carboxylic acids is 1. The fourth-order valence-electron chi connectivity index (χ4n) is 2.46. The van der Waals surface area contributed by atoms with Gasteiger partial charge in [-0.05, 0) is 56.0 Å². The summed E-state index contributed by atoms with van der Waals surface area (Å²) in [5, 5.41) is 6.21. The third-order valence-electron chi connectivity index (χ3n) is 3.56. The minimum atomic E-state index is -0.224. The Balaban J connectivity index is 0.00000200. The van der Waals surface area contributed by atoms with Crippen LogP contribution in [0.1, 0.15) is 24.8 Å². The zero-order valence-electron chi connectivity index (χ0n) is 11.5. The summed E-state index contributed by atoms with van der Waals surface area (Å²) in [5.74, 6) is 0.400. The first kappa shape index (κ1) is 16.9. The predicted molar refractivity (Wildman–Crippen MR) is 80.6 cm³/mol. The van der Waals surface area contributed by atoms with E-state index in [-0.39, 0.29) is 24.1 Å². The summed E-state index contributed by atoms with van der Waals surface area (Å²) in [7, 11) is 0. The Labute approximate surface area is 125 Å². The Bertz CT molecular complexity index is 422. The topological polar surface area (TPSA) is 41.1 Å². The second kappa shape index (κ2) is 8.93. The van der Waals surface area contributed by atoms with Gasteiger partial charge < -0.3 is 10.6 Å². The quantitative estimate of drug-likeness (QED) is 0.876. The lowest BCUT2D eigenvalue weighted by molar-refractivity contribution is -0.122. The van der Waals surface area contributed by atoms with E-state index >= 15 is 0 Å². The normalized spacial score (nSPS) is 15.4. The predicted octanol–water partition coefficient (Wildman–Crippen LogP) is 2.30. The van der Waals surface area contributed by atoms with Crippen LogP contribution in [0.3, 0.4) is 0 Å². The minimum absolute atomic E-state index is 0. The molecule has 0 spiro atoms. The molecule has 0 atom stereocenters. The Morgan fingerprint density at radius 1 is 1.35 bits per heavy atom. The average Bonchev–Trinajstić information content (AvgIpc) is 2.40. The van der Waals surface area contributed by atoms with E-state index in [0.717, 1.165) is 31.5 Å². The van der Waals surface area contributed by atoms with Crippen molar-refractivity contribution in [2.45, 2.75) is 25.7 Å². The van der Waals surface area contributed by atoms with Crippen molar-refractivity contribution in [3.05, 3.63) is 35.6 Å². The van der Waals surface area contributed by atoms with Gasteiger partial charge in [0.15, 0.2) is 0 Å². The molecule has 2 N–H and O–H groups in total. The van der Waals surface area contributed by atoms with Gasteiger partial charge in [-0.1, -0.05) is 12.1 Å². The highest BCUT2D eigenvalue weighted by atomic mass is 35.5. The second-order valence-corrected chi connectivity index (χ2v) is 5.13. The lowest BCUT2D eigenvalue weighted by Gasteiger charge is -2.21. The number of carbonyl (C=O) groups is 1.